The number of fused-ring (bicyclic) bond motifs is 1. The molecule has 7 nitrogen and oxygen atoms in total. The number of carbonyl (C=O) groups excluding carboxylic acids is 1. The second kappa shape index (κ2) is 12.8. The van der Waals surface area contributed by atoms with Crippen LogP contribution in [0.4, 0.5) is 9.18 Å². The van der Waals surface area contributed by atoms with Crippen molar-refractivity contribution in [3.63, 3.8) is 0 Å². The zero-order chi connectivity index (χ0) is 31.7. The molecule has 0 saturated carbocycles. The normalized spacial score (nSPS) is 16.4. The van der Waals surface area contributed by atoms with Crippen molar-refractivity contribution in [3.8, 4) is 16.9 Å². The Morgan fingerprint density at radius 1 is 1.07 bits per heavy atom. The third-order valence-corrected chi connectivity index (χ3v) is 14.7. The molecule has 1 aromatic carbocycles. The number of halogens is 1. The highest BCUT2D eigenvalue weighted by atomic mass is 28.4. The molecule has 0 bridgehead atoms. The summed E-state index contributed by atoms with van der Waals surface area (Å²) in [6, 6.07) is 8.17. The van der Waals surface area contributed by atoms with Crippen LogP contribution in [0, 0.1) is 5.82 Å². The van der Waals surface area contributed by atoms with Gasteiger partial charge < -0.3 is 18.9 Å². The van der Waals surface area contributed by atoms with Crippen LogP contribution in [0.1, 0.15) is 74.4 Å². The Balaban J connectivity index is 1.75. The van der Waals surface area contributed by atoms with E-state index < -0.39 is 13.9 Å². The van der Waals surface area contributed by atoms with Crippen molar-refractivity contribution >= 4 is 31.0 Å². The Bertz CT molecular complexity index is 1450. The molecule has 2 aromatic heterocycles. The van der Waals surface area contributed by atoms with E-state index in [2.05, 4.69) is 63.7 Å². The highest BCUT2D eigenvalue weighted by Gasteiger charge is 2.46. The fourth-order valence-electron chi connectivity index (χ4n) is 6.78. The van der Waals surface area contributed by atoms with E-state index in [1.807, 2.05) is 26.8 Å². The van der Waals surface area contributed by atoms with Crippen molar-refractivity contribution in [1.29, 1.82) is 0 Å². The van der Waals surface area contributed by atoms with Crippen LogP contribution in [0.5, 0.6) is 5.75 Å². The fourth-order valence-corrected chi connectivity index (χ4v) is 12.2. The summed E-state index contributed by atoms with van der Waals surface area (Å²) < 4.78 is 32.6. The minimum absolute atomic E-state index is 0.288. The maximum atomic E-state index is 14.3. The van der Waals surface area contributed by atoms with Gasteiger partial charge in [-0.25, -0.2) is 14.2 Å². The summed E-state index contributed by atoms with van der Waals surface area (Å²) in [6.07, 6.45) is 4.16. The van der Waals surface area contributed by atoms with Gasteiger partial charge in [-0.15, -0.1) is 0 Å². The standard InChI is InChI=1S/C34H48FN3O4Si/c1-21(2)43(22(3)4,23(5)6)41-20-26-17-24(14-16-38(26)33(39)42-34(7,8)9)30-19-29-27(13-15-36-32(29)37-30)28-18-25(35)11-12-31(28)40-10/h11-13,15,17-19,21-23,26H,14,16,20H2,1-10H3,(H,36,37). The second-order valence-corrected chi connectivity index (χ2v) is 18.9. The van der Waals surface area contributed by atoms with Gasteiger partial charge in [0.2, 0.25) is 0 Å². The number of aromatic amines is 1. The van der Waals surface area contributed by atoms with Gasteiger partial charge in [-0.1, -0.05) is 47.6 Å². The molecule has 0 saturated heterocycles. The molecule has 1 N–H and O–H groups in total. The number of pyridine rings is 1. The summed E-state index contributed by atoms with van der Waals surface area (Å²) in [5.74, 6) is 0.257. The third kappa shape index (κ3) is 6.83. The van der Waals surface area contributed by atoms with E-state index in [1.54, 1.807) is 24.3 Å². The number of rotatable bonds is 9. The number of carbonyl (C=O) groups is 1. The molecule has 1 amide bonds. The van der Waals surface area contributed by atoms with E-state index in [4.69, 9.17) is 13.9 Å². The number of benzene rings is 1. The Morgan fingerprint density at radius 3 is 2.35 bits per heavy atom. The molecule has 1 atom stereocenters. The van der Waals surface area contributed by atoms with Gasteiger partial charge in [-0.2, -0.15) is 0 Å². The maximum absolute atomic E-state index is 14.3. The molecule has 43 heavy (non-hydrogen) atoms. The zero-order valence-electron chi connectivity index (χ0n) is 27.4. The molecule has 234 valence electrons. The van der Waals surface area contributed by atoms with Gasteiger partial charge in [-0.05, 0) is 85.3 Å². The number of methoxy groups -OCH3 is 1. The Hall–Kier alpha value is -3.17. The first kappa shape index (κ1) is 32.7. The number of hydrogen-bond acceptors (Lipinski definition) is 5. The molecule has 9 heteroatoms. The summed E-state index contributed by atoms with van der Waals surface area (Å²) in [5.41, 5.74) is 4.86. The van der Waals surface area contributed by atoms with Crippen molar-refractivity contribution in [2.75, 3.05) is 20.3 Å². The number of hydrogen-bond donors (Lipinski definition) is 1. The monoisotopic (exact) mass is 609 g/mol. The molecule has 0 spiro atoms. The van der Waals surface area contributed by atoms with Crippen LogP contribution in [-0.2, 0) is 9.16 Å². The van der Waals surface area contributed by atoms with Gasteiger partial charge in [0.15, 0.2) is 8.32 Å². The lowest BCUT2D eigenvalue weighted by atomic mass is 9.99. The molecule has 0 radical (unpaired) electrons. The molecule has 1 unspecified atom stereocenters. The first-order valence-electron chi connectivity index (χ1n) is 15.3. The highest BCUT2D eigenvalue weighted by Crippen LogP contribution is 2.43. The molecule has 4 rings (SSSR count). The third-order valence-electron chi connectivity index (χ3n) is 8.58. The van der Waals surface area contributed by atoms with Gasteiger partial charge in [0.1, 0.15) is 22.8 Å². The molecular weight excluding hydrogens is 561 g/mol. The smallest absolute Gasteiger partial charge is 0.410 e. The number of H-pyrrole nitrogens is 1. The average molecular weight is 610 g/mol. The van der Waals surface area contributed by atoms with E-state index >= 15 is 0 Å². The molecule has 3 heterocycles. The summed E-state index contributed by atoms with van der Waals surface area (Å²) in [5, 5.41) is 0.871. The Kier molecular flexibility index (Phi) is 9.76. The predicted molar refractivity (Wildman–Crippen MR) is 174 cm³/mol. The SMILES string of the molecule is COc1ccc(F)cc1-c1ccnc2[nH]c(C3=CC(CO[Si](C(C)C)(C(C)C)C(C)C)N(C(=O)OC(C)(C)C)CC3)cc12. The number of nitrogens with one attached hydrogen (secondary N) is 1. The highest BCUT2D eigenvalue weighted by molar-refractivity contribution is 6.77. The topological polar surface area (TPSA) is 76.7 Å². The van der Waals surface area contributed by atoms with Crippen LogP contribution in [0.25, 0.3) is 27.7 Å². The summed E-state index contributed by atoms with van der Waals surface area (Å²) in [4.78, 5) is 23.2. The lowest BCUT2D eigenvalue weighted by molar-refractivity contribution is 0.0147. The summed E-state index contributed by atoms with van der Waals surface area (Å²) in [7, 11) is -0.596. The van der Waals surface area contributed by atoms with Crippen LogP contribution >= 0.6 is 0 Å². The lowest BCUT2D eigenvalue weighted by Gasteiger charge is -2.44. The summed E-state index contributed by atoms with van der Waals surface area (Å²) in [6.45, 7) is 20.2. The van der Waals surface area contributed by atoms with Crippen molar-refractivity contribution < 1.29 is 23.1 Å². The van der Waals surface area contributed by atoms with E-state index in [9.17, 15) is 9.18 Å². The fraction of sp³-hybridized carbons (Fsp3) is 0.529. The molecule has 0 fully saturated rings. The molecular formula is C34H48FN3O4Si. The minimum Gasteiger partial charge on any atom is -0.496 e. The quantitative estimate of drug-likeness (QED) is 0.245. The predicted octanol–water partition coefficient (Wildman–Crippen LogP) is 8.96. The van der Waals surface area contributed by atoms with Gasteiger partial charge >= 0.3 is 6.09 Å². The Morgan fingerprint density at radius 2 is 1.74 bits per heavy atom. The number of aromatic nitrogens is 2. The van der Waals surface area contributed by atoms with Crippen molar-refractivity contribution in [3.05, 3.63) is 54.1 Å². The molecule has 0 aliphatic carbocycles. The number of amides is 1. The lowest BCUT2D eigenvalue weighted by Crippen LogP contribution is -2.52. The number of nitrogens with zero attached hydrogens (tertiary/aromatic N) is 2. The van der Waals surface area contributed by atoms with Crippen molar-refractivity contribution in [2.45, 2.75) is 97.0 Å². The maximum Gasteiger partial charge on any atom is 0.410 e. The van der Waals surface area contributed by atoms with Crippen LogP contribution < -0.4 is 4.74 Å². The van der Waals surface area contributed by atoms with E-state index in [0.717, 1.165) is 22.2 Å². The van der Waals surface area contributed by atoms with Crippen LogP contribution in [-0.4, -0.2) is 61.2 Å². The molecule has 1 aliphatic rings. The van der Waals surface area contributed by atoms with Gasteiger partial charge in [0.05, 0.1) is 19.8 Å². The van der Waals surface area contributed by atoms with Gasteiger partial charge in [0.25, 0.3) is 0 Å². The summed E-state index contributed by atoms with van der Waals surface area (Å²) >= 11 is 0. The molecule has 3 aromatic rings. The largest absolute Gasteiger partial charge is 0.496 e. The minimum atomic E-state index is -2.18. The van der Waals surface area contributed by atoms with Crippen LogP contribution in [0.2, 0.25) is 16.6 Å². The van der Waals surface area contributed by atoms with Crippen molar-refractivity contribution in [1.82, 2.24) is 14.9 Å². The second-order valence-electron chi connectivity index (χ2n) is 13.5. The van der Waals surface area contributed by atoms with Crippen molar-refractivity contribution in [2.24, 2.45) is 0 Å². The van der Waals surface area contributed by atoms with Crippen LogP contribution in [0.3, 0.4) is 0 Å². The average Bonchev–Trinajstić information content (AvgIpc) is 3.36. The molecule has 1 aliphatic heterocycles. The van der Waals surface area contributed by atoms with E-state index in [1.165, 1.54) is 12.1 Å². The first-order valence-corrected chi connectivity index (χ1v) is 17.5. The van der Waals surface area contributed by atoms with Crippen LogP contribution in [0.15, 0.2) is 42.6 Å². The van der Waals surface area contributed by atoms with Gasteiger partial charge in [-0.3, -0.25) is 4.90 Å². The van der Waals surface area contributed by atoms with E-state index in [0.29, 0.717) is 53.2 Å². The first-order chi connectivity index (χ1) is 20.2. The zero-order valence-corrected chi connectivity index (χ0v) is 28.4. The number of ether oxygens (including phenoxy) is 2. The van der Waals surface area contributed by atoms with E-state index in [-0.39, 0.29) is 18.0 Å². The van der Waals surface area contributed by atoms with Gasteiger partial charge in [0, 0.05) is 29.4 Å². The Labute approximate surface area is 256 Å².